The number of nitrogens with one attached hydrogen (secondary N) is 2. The number of rotatable bonds is 5. The van der Waals surface area contributed by atoms with E-state index in [0.717, 1.165) is 6.07 Å². The van der Waals surface area contributed by atoms with Crippen LogP contribution in [0.5, 0.6) is 5.75 Å². The molecule has 12 heteroatoms. The molecule has 0 aromatic heterocycles. The van der Waals surface area contributed by atoms with E-state index in [1.807, 2.05) is 0 Å². The van der Waals surface area contributed by atoms with Gasteiger partial charge in [-0.3, -0.25) is 19.9 Å². The minimum absolute atomic E-state index is 0.0438. The Labute approximate surface area is 180 Å². The smallest absolute Gasteiger partial charge is 0.410 e. The van der Waals surface area contributed by atoms with Crippen molar-refractivity contribution < 1.29 is 28.2 Å². The van der Waals surface area contributed by atoms with Crippen LogP contribution < -0.4 is 21.0 Å². The van der Waals surface area contributed by atoms with Crippen molar-refractivity contribution in [1.29, 1.82) is 0 Å². The molecule has 0 unspecified atom stereocenters. The summed E-state index contributed by atoms with van der Waals surface area (Å²) in [5, 5.41) is -0.0438. The van der Waals surface area contributed by atoms with E-state index >= 15 is 0 Å². The van der Waals surface area contributed by atoms with Crippen molar-refractivity contribution in [3.05, 3.63) is 29.0 Å². The number of ether oxygens (including phenoxy) is 2. The lowest BCUT2D eigenvalue weighted by Crippen LogP contribution is -2.61. The van der Waals surface area contributed by atoms with E-state index in [9.17, 15) is 18.8 Å². The zero-order chi connectivity index (χ0) is 22.5. The normalized spacial score (nSPS) is 17.3. The van der Waals surface area contributed by atoms with Crippen LogP contribution in [0.15, 0.2) is 18.2 Å². The van der Waals surface area contributed by atoms with Crippen LogP contribution in [0.4, 0.5) is 9.18 Å². The summed E-state index contributed by atoms with van der Waals surface area (Å²) >= 11 is 5.61. The molecule has 1 saturated heterocycles. The Balaban J connectivity index is 1.96. The fraction of sp³-hybridized carbons (Fsp3) is 0.500. The van der Waals surface area contributed by atoms with E-state index in [-0.39, 0.29) is 23.5 Å². The first-order valence-corrected chi connectivity index (χ1v) is 11.5. The van der Waals surface area contributed by atoms with Crippen LogP contribution in [0.2, 0.25) is 11.1 Å². The van der Waals surface area contributed by atoms with Gasteiger partial charge in [-0.1, -0.05) is 11.6 Å². The van der Waals surface area contributed by atoms with Gasteiger partial charge in [-0.15, -0.1) is 0 Å². The predicted octanol–water partition coefficient (Wildman–Crippen LogP) is 1.50. The van der Waals surface area contributed by atoms with Crippen molar-refractivity contribution in [2.45, 2.75) is 44.9 Å². The number of carbonyl (C=O) groups is 3. The molecule has 1 fully saturated rings. The second-order valence-corrected chi connectivity index (χ2v) is 10.4. The first-order valence-electron chi connectivity index (χ1n) is 9.22. The molecule has 0 aliphatic carbocycles. The molecule has 1 atom stereocenters. The zero-order valence-corrected chi connectivity index (χ0v) is 18.7. The zero-order valence-electron chi connectivity index (χ0n) is 17.0. The Morgan fingerprint density at radius 3 is 2.67 bits per heavy atom. The van der Waals surface area contributed by atoms with Gasteiger partial charge in [-0.05, 0) is 45.4 Å². The number of hydrogen-bond acceptors (Lipinski definition) is 6. The van der Waals surface area contributed by atoms with Crippen molar-refractivity contribution >= 4 is 38.5 Å². The summed E-state index contributed by atoms with van der Waals surface area (Å²) in [4.78, 5) is 41.0. The number of hydrogen-bond donors (Lipinski definition) is 3. The van der Waals surface area contributed by atoms with Crippen LogP contribution in [0, 0.1) is 5.82 Å². The maximum Gasteiger partial charge on any atom is 0.410 e. The summed E-state index contributed by atoms with van der Waals surface area (Å²) in [5.41, 5.74) is 1.32. The van der Waals surface area contributed by atoms with Gasteiger partial charge >= 0.3 is 6.09 Å². The number of nitrogens with zero attached hydrogens (tertiary/aromatic N) is 1. The minimum Gasteiger partial charge on any atom is -0.484 e. The van der Waals surface area contributed by atoms with Gasteiger partial charge in [-0.25, -0.2) is 15.0 Å². The monoisotopic (exact) mass is 459 g/mol. The highest BCUT2D eigenvalue weighted by Gasteiger charge is 2.39. The highest BCUT2D eigenvalue weighted by Crippen LogP contribution is 2.21. The molecule has 1 radical (unpaired) electrons. The van der Waals surface area contributed by atoms with Gasteiger partial charge < -0.3 is 14.5 Å². The van der Waals surface area contributed by atoms with Crippen LogP contribution >= 0.6 is 11.6 Å². The van der Waals surface area contributed by atoms with Crippen LogP contribution in [0.25, 0.3) is 0 Å². The molecule has 4 N–H and O–H groups in total. The second-order valence-electron chi connectivity index (χ2n) is 7.69. The average molecular weight is 460 g/mol. The molecular formula is C18H25ClFN4O5Si. The number of halogens is 2. The van der Waals surface area contributed by atoms with Gasteiger partial charge in [0.25, 0.3) is 5.91 Å². The molecule has 165 valence electrons. The second kappa shape index (κ2) is 10.1. The van der Waals surface area contributed by atoms with Gasteiger partial charge in [0.15, 0.2) is 15.6 Å². The van der Waals surface area contributed by atoms with Crippen molar-refractivity contribution in [3.63, 3.8) is 0 Å². The standard InChI is InChI=1S/C18H25ClFN4O5Si/c1-18(2,3)29-17(27)24-10-30(7-6-14(24)16(26)22-21)23-15(25)9-28-11-4-5-12(19)13(20)8-11/h4-5,8,14H,6-7,9-10,21H2,1-3H3,(H,22,26)(H,23,25)/t14-/m1/s1. The molecule has 9 nitrogen and oxygen atoms in total. The first-order chi connectivity index (χ1) is 14.0. The molecule has 30 heavy (non-hydrogen) atoms. The highest BCUT2D eigenvalue weighted by atomic mass is 35.5. The van der Waals surface area contributed by atoms with E-state index in [1.54, 1.807) is 20.8 Å². The molecule has 0 spiro atoms. The Kier molecular flexibility index (Phi) is 8.04. The van der Waals surface area contributed by atoms with Crippen LogP contribution in [-0.2, 0) is 14.3 Å². The lowest BCUT2D eigenvalue weighted by molar-refractivity contribution is -0.126. The molecule has 2 rings (SSSR count). The molecule has 1 aliphatic rings. The third kappa shape index (κ3) is 6.85. The third-order valence-corrected chi connectivity index (χ3v) is 6.66. The molecule has 1 aliphatic heterocycles. The Morgan fingerprint density at radius 2 is 2.07 bits per heavy atom. The molecule has 3 amide bonds. The Morgan fingerprint density at radius 1 is 1.37 bits per heavy atom. The number of carbonyl (C=O) groups excluding carboxylic acids is 3. The Hall–Kier alpha value is -2.37. The first kappa shape index (κ1) is 23.9. The lowest BCUT2D eigenvalue weighted by Gasteiger charge is -2.38. The number of hydrazine groups is 1. The summed E-state index contributed by atoms with van der Waals surface area (Å²) in [5.74, 6) is 3.84. The van der Waals surface area contributed by atoms with Crippen molar-refractivity contribution in [1.82, 2.24) is 15.3 Å². The van der Waals surface area contributed by atoms with Crippen molar-refractivity contribution in [2.24, 2.45) is 5.84 Å². The number of amides is 3. The SMILES string of the molecule is CC(C)(C)OC(=O)N1C[Si](NC(=O)COc2ccc(Cl)c(F)c2)CC[C@@H]1C(=O)NN. The topological polar surface area (TPSA) is 123 Å². The van der Waals surface area contributed by atoms with Gasteiger partial charge in [0.05, 0.1) is 5.02 Å². The maximum absolute atomic E-state index is 13.4. The Bertz CT molecular complexity index is 807. The largest absolute Gasteiger partial charge is 0.484 e. The van der Waals surface area contributed by atoms with Crippen LogP contribution in [0.3, 0.4) is 0 Å². The summed E-state index contributed by atoms with van der Waals surface area (Å²) in [6.45, 7) is 4.83. The summed E-state index contributed by atoms with van der Waals surface area (Å²) in [6.07, 6.45) is -0.153. The quantitative estimate of drug-likeness (QED) is 0.265. The van der Waals surface area contributed by atoms with E-state index < -0.39 is 44.3 Å². The van der Waals surface area contributed by atoms with E-state index in [0.29, 0.717) is 12.5 Å². The van der Waals surface area contributed by atoms with E-state index in [4.69, 9.17) is 26.9 Å². The van der Waals surface area contributed by atoms with Gasteiger partial charge in [0.1, 0.15) is 23.2 Å². The minimum atomic E-state index is -1.56. The molecular weight excluding hydrogens is 435 g/mol. The third-order valence-electron chi connectivity index (χ3n) is 4.11. The molecule has 1 heterocycles. The summed E-state index contributed by atoms with van der Waals surface area (Å²) < 4.78 is 24.1. The van der Waals surface area contributed by atoms with Crippen LogP contribution in [-0.4, -0.2) is 56.2 Å². The van der Waals surface area contributed by atoms with Crippen molar-refractivity contribution in [2.75, 3.05) is 12.8 Å². The molecule has 0 saturated carbocycles. The fourth-order valence-corrected chi connectivity index (χ4v) is 5.12. The number of nitrogens with two attached hydrogens (primary N) is 1. The van der Waals surface area contributed by atoms with Crippen molar-refractivity contribution in [3.8, 4) is 5.75 Å². The highest BCUT2D eigenvalue weighted by molar-refractivity contribution is 6.59. The maximum atomic E-state index is 13.4. The van der Waals surface area contributed by atoms with Gasteiger partial charge in [-0.2, -0.15) is 0 Å². The molecule has 1 aromatic carbocycles. The molecule has 1 aromatic rings. The van der Waals surface area contributed by atoms with Gasteiger partial charge in [0, 0.05) is 12.2 Å². The fourth-order valence-electron chi connectivity index (χ4n) is 2.79. The number of benzene rings is 1. The molecule has 0 bridgehead atoms. The summed E-state index contributed by atoms with van der Waals surface area (Å²) in [7, 11) is -1.56. The lowest BCUT2D eigenvalue weighted by atomic mass is 10.2. The van der Waals surface area contributed by atoms with E-state index in [2.05, 4.69) is 10.4 Å². The van der Waals surface area contributed by atoms with Gasteiger partial charge in [0.2, 0.25) is 5.91 Å². The predicted molar refractivity (Wildman–Crippen MR) is 109 cm³/mol. The summed E-state index contributed by atoms with van der Waals surface area (Å²) in [6, 6.07) is 3.64. The average Bonchev–Trinajstić information content (AvgIpc) is 2.67. The van der Waals surface area contributed by atoms with Crippen LogP contribution in [0.1, 0.15) is 27.2 Å². The van der Waals surface area contributed by atoms with E-state index in [1.165, 1.54) is 17.0 Å².